The molecule has 1 saturated carbocycles. The van der Waals surface area contributed by atoms with Gasteiger partial charge in [-0.3, -0.25) is 4.79 Å². The fraction of sp³-hybridized carbons (Fsp3) is 0.192. The number of carbonyl (C=O) groups excluding carboxylic acids is 1. The molecule has 0 N–H and O–H groups in total. The molecule has 0 unspecified atom stereocenters. The Balaban J connectivity index is 1.43. The second kappa shape index (κ2) is 8.11. The zero-order chi connectivity index (χ0) is 21.5. The first-order valence-electron chi connectivity index (χ1n) is 10.8. The van der Waals surface area contributed by atoms with Gasteiger partial charge in [-0.2, -0.15) is 5.10 Å². The van der Waals surface area contributed by atoms with E-state index in [4.69, 9.17) is 5.10 Å². The molecule has 2 atom stereocenters. The minimum atomic E-state index is -0.133. The number of aromatic nitrogens is 1. The van der Waals surface area contributed by atoms with Crippen molar-refractivity contribution in [1.82, 2.24) is 9.99 Å². The van der Waals surface area contributed by atoms with Gasteiger partial charge in [0.2, 0.25) is 0 Å². The van der Waals surface area contributed by atoms with Crippen LogP contribution < -0.4 is 0 Å². The molecule has 0 bridgehead atoms. The van der Waals surface area contributed by atoms with Crippen LogP contribution in [0.4, 0.5) is 0 Å². The third kappa shape index (κ3) is 3.40. The van der Waals surface area contributed by atoms with Crippen molar-refractivity contribution in [2.45, 2.75) is 25.3 Å². The van der Waals surface area contributed by atoms with Crippen LogP contribution in [0.25, 0.3) is 17.0 Å². The van der Waals surface area contributed by atoms with Crippen molar-refractivity contribution in [3.8, 4) is 0 Å². The third-order valence-electron chi connectivity index (χ3n) is 6.22. The Bertz CT molecular complexity index is 1340. The van der Waals surface area contributed by atoms with Gasteiger partial charge in [-0.15, -0.1) is 22.7 Å². The molecule has 0 saturated heterocycles. The number of pyridine rings is 1. The largest absolute Gasteiger partial charge is 0.293 e. The van der Waals surface area contributed by atoms with Crippen LogP contribution in [-0.4, -0.2) is 21.6 Å². The van der Waals surface area contributed by atoms with Crippen molar-refractivity contribution in [2.75, 3.05) is 0 Å². The average Bonchev–Trinajstić information content (AvgIpc) is 3.59. The van der Waals surface area contributed by atoms with E-state index in [1.54, 1.807) is 27.7 Å². The number of hydrogen-bond donors (Lipinski definition) is 0. The summed E-state index contributed by atoms with van der Waals surface area (Å²) in [6.45, 7) is 0. The molecule has 158 valence electrons. The predicted octanol–water partition coefficient (Wildman–Crippen LogP) is 6.79. The number of hydrazone groups is 1. The van der Waals surface area contributed by atoms with Gasteiger partial charge in [0.05, 0.1) is 17.3 Å². The second-order valence-electron chi connectivity index (χ2n) is 8.17. The summed E-state index contributed by atoms with van der Waals surface area (Å²) >= 11 is 3.43. The van der Waals surface area contributed by atoms with Gasteiger partial charge in [-0.25, -0.2) is 9.99 Å². The van der Waals surface area contributed by atoms with Crippen LogP contribution in [-0.2, 0) is 0 Å². The number of para-hydroxylation sites is 1. The molecule has 1 fully saturated rings. The highest BCUT2D eigenvalue weighted by Crippen LogP contribution is 2.46. The minimum Gasteiger partial charge on any atom is -0.265 e. The maximum Gasteiger partial charge on any atom is 0.293 e. The molecule has 0 radical (unpaired) electrons. The lowest BCUT2D eigenvalue weighted by molar-refractivity contribution is 0.0678. The Morgan fingerprint density at radius 2 is 1.88 bits per heavy atom. The second-order valence-corrected chi connectivity index (χ2v) is 10.1. The summed E-state index contributed by atoms with van der Waals surface area (Å²) < 4.78 is 0. The smallest absolute Gasteiger partial charge is 0.265 e. The van der Waals surface area contributed by atoms with E-state index in [1.165, 1.54) is 15.3 Å². The lowest BCUT2D eigenvalue weighted by Crippen LogP contribution is -2.31. The maximum atomic E-state index is 13.7. The summed E-state index contributed by atoms with van der Waals surface area (Å²) in [5.41, 5.74) is 3.59. The van der Waals surface area contributed by atoms with Crippen LogP contribution in [0.3, 0.4) is 0 Å². The van der Waals surface area contributed by atoms with Crippen LogP contribution in [0.15, 0.2) is 82.1 Å². The molecule has 4 nitrogen and oxygen atoms in total. The van der Waals surface area contributed by atoms with E-state index in [-0.39, 0.29) is 17.9 Å². The monoisotopic (exact) mass is 455 g/mol. The van der Waals surface area contributed by atoms with E-state index in [9.17, 15) is 4.79 Å². The summed E-state index contributed by atoms with van der Waals surface area (Å²) in [5.74, 6) is 0.0875. The number of nitrogens with zero attached hydrogens (tertiary/aromatic N) is 3. The molecular formula is C26H21N3OS2. The molecule has 6 rings (SSSR count). The molecule has 4 aromatic rings. The minimum absolute atomic E-state index is 0.0715. The lowest BCUT2D eigenvalue weighted by atomic mass is 9.79. The zero-order valence-corrected chi connectivity index (χ0v) is 19.0. The predicted molar refractivity (Wildman–Crippen MR) is 132 cm³/mol. The Kier molecular flexibility index (Phi) is 4.97. The number of rotatable bonds is 3. The first-order chi connectivity index (χ1) is 15.8. The fourth-order valence-corrected chi connectivity index (χ4v) is 6.31. The third-order valence-corrected chi connectivity index (χ3v) is 7.98. The number of amides is 1. The van der Waals surface area contributed by atoms with Gasteiger partial charge in [-0.1, -0.05) is 36.4 Å². The van der Waals surface area contributed by atoms with E-state index in [1.807, 2.05) is 36.4 Å². The van der Waals surface area contributed by atoms with Crippen LogP contribution >= 0.6 is 22.7 Å². The number of allylic oxidation sites excluding steroid dienone is 1. The normalized spacial score (nSPS) is 21.7. The lowest BCUT2D eigenvalue weighted by Gasteiger charge is -2.28. The Hall–Kier alpha value is -3.09. The first kappa shape index (κ1) is 19.6. The van der Waals surface area contributed by atoms with E-state index < -0.39 is 0 Å². The van der Waals surface area contributed by atoms with E-state index in [0.717, 1.165) is 35.9 Å². The molecule has 32 heavy (non-hydrogen) atoms. The van der Waals surface area contributed by atoms with Gasteiger partial charge in [0.1, 0.15) is 5.69 Å². The van der Waals surface area contributed by atoms with Gasteiger partial charge in [-0.05, 0) is 65.9 Å². The number of benzene rings is 1. The molecule has 3 aromatic heterocycles. The standard InChI is InChI=1S/C26H21N3OS2/c30-26(22-13-12-17-6-1-2-10-21(17)27-22)29-25(23-11-5-15-32-23)20-9-3-7-18(24(20)28-29)16-19-8-4-14-31-19/h1-2,4-6,8,10-16,20,25H,3,7,9H2/b18-16-/t20-,25+/m0/s1. The van der Waals surface area contributed by atoms with E-state index >= 15 is 0 Å². The summed E-state index contributed by atoms with van der Waals surface area (Å²) in [6, 6.07) is 20.0. The highest BCUT2D eigenvalue weighted by atomic mass is 32.1. The molecule has 0 spiro atoms. The highest BCUT2D eigenvalue weighted by Gasteiger charge is 2.44. The van der Waals surface area contributed by atoms with Gasteiger partial charge >= 0.3 is 0 Å². The van der Waals surface area contributed by atoms with Gasteiger partial charge in [0, 0.05) is 21.1 Å². The number of hydrogen-bond acceptors (Lipinski definition) is 5. The van der Waals surface area contributed by atoms with Crippen molar-refractivity contribution >= 4 is 51.3 Å². The van der Waals surface area contributed by atoms with Crippen molar-refractivity contribution in [3.63, 3.8) is 0 Å². The fourth-order valence-electron chi connectivity index (χ4n) is 4.75. The molecule has 6 heteroatoms. The molecule has 4 heterocycles. The quantitative estimate of drug-likeness (QED) is 0.341. The summed E-state index contributed by atoms with van der Waals surface area (Å²) in [4.78, 5) is 20.8. The van der Waals surface area contributed by atoms with E-state index in [0.29, 0.717) is 5.69 Å². The van der Waals surface area contributed by atoms with Gasteiger partial charge in [0.25, 0.3) is 5.91 Å². The molecular weight excluding hydrogens is 434 g/mol. The SMILES string of the molecule is O=C(c1ccc2ccccc2n1)N1N=C2/C(=C\c3cccs3)CCC[C@@H]2[C@@H]1c1cccs1. The van der Waals surface area contributed by atoms with Crippen molar-refractivity contribution in [3.05, 3.63) is 92.4 Å². The van der Waals surface area contributed by atoms with Crippen molar-refractivity contribution < 1.29 is 4.79 Å². The van der Waals surface area contributed by atoms with Crippen LogP contribution in [0, 0.1) is 5.92 Å². The van der Waals surface area contributed by atoms with Crippen LogP contribution in [0.1, 0.15) is 45.5 Å². The Labute approximate surface area is 194 Å². The first-order valence-corrected chi connectivity index (χ1v) is 12.6. The van der Waals surface area contributed by atoms with Crippen molar-refractivity contribution in [2.24, 2.45) is 11.0 Å². The highest BCUT2D eigenvalue weighted by molar-refractivity contribution is 7.11. The maximum absolute atomic E-state index is 13.7. The Morgan fingerprint density at radius 3 is 2.72 bits per heavy atom. The number of fused-ring (bicyclic) bond motifs is 2. The van der Waals surface area contributed by atoms with Crippen LogP contribution in [0.5, 0.6) is 0 Å². The Morgan fingerprint density at radius 1 is 1.00 bits per heavy atom. The number of thiophene rings is 2. The summed E-state index contributed by atoms with van der Waals surface area (Å²) in [6.07, 6.45) is 5.40. The summed E-state index contributed by atoms with van der Waals surface area (Å²) in [7, 11) is 0. The molecule has 1 aliphatic carbocycles. The van der Waals surface area contributed by atoms with E-state index in [2.05, 4.69) is 46.1 Å². The van der Waals surface area contributed by atoms with Gasteiger partial charge < -0.3 is 0 Å². The molecule has 1 aromatic carbocycles. The molecule has 1 aliphatic heterocycles. The van der Waals surface area contributed by atoms with Crippen LogP contribution in [0.2, 0.25) is 0 Å². The summed E-state index contributed by atoms with van der Waals surface area (Å²) in [5, 5.41) is 11.9. The zero-order valence-electron chi connectivity index (χ0n) is 17.3. The van der Waals surface area contributed by atoms with Crippen molar-refractivity contribution in [1.29, 1.82) is 0 Å². The molecule has 2 aliphatic rings. The van der Waals surface area contributed by atoms with Gasteiger partial charge in [0.15, 0.2) is 0 Å². The average molecular weight is 456 g/mol. The molecule has 1 amide bonds. The topological polar surface area (TPSA) is 45.6 Å². The number of carbonyl (C=O) groups is 1.